The van der Waals surface area contributed by atoms with Crippen LogP contribution in [0.5, 0.6) is 0 Å². The van der Waals surface area contributed by atoms with Crippen LogP contribution in [-0.2, 0) is 0 Å². The number of nitrogens with one attached hydrogen (secondary N) is 1. The maximum absolute atomic E-state index is 3.60. The number of rotatable bonds is 6. The largest absolute Gasteiger partial charge is 0.315 e. The van der Waals surface area contributed by atoms with Gasteiger partial charge in [-0.15, -0.1) is 0 Å². The molecule has 84 valence electrons. The first-order valence-electron chi connectivity index (χ1n) is 5.95. The van der Waals surface area contributed by atoms with Gasteiger partial charge in [0.2, 0.25) is 0 Å². The molecule has 0 amide bonds. The van der Waals surface area contributed by atoms with Gasteiger partial charge in [-0.25, -0.2) is 0 Å². The first kappa shape index (κ1) is 12.0. The van der Waals surface area contributed by atoms with E-state index in [9.17, 15) is 0 Å². The molecule has 0 aliphatic heterocycles. The molecule has 0 aromatic heterocycles. The SMILES string of the molecule is CC(C)CCNCC1(N(C)C)CCC1. The average molecular weight is 198 g/mol. The van der Waals surface area contributed by atoms with Crippen LogP contribution in [0.25, 0.3) is 0 Å². The minimum Gasteiger partial charge on any atom is -0.315 e. The molecule has 0 heterocycles. The van der Waals surface area contributed by atoms with Crippen LogP contribution in [0.2, 0.25) is 0 Å². The van der Waals surface area contributed by atoms with Crippen LogP contribution in [0.4, 0.5) is 0 Å². The lowest BCUT2D eigenvalue weighted by Crippen LogP contribution is -2.56. The van der Waals surface area contributed by atoms with E-state index in [2.05, 4.69) is 38.2 Å². The average Bonchev–Trinajstić information content (AvgIpc) is 1.99. The molecule has 14 heavy (non-hydrogen) atoms. The Morgan fingerprint density at radius 2 is 1.93 bits per heavy atom. The smallest absolute Gasteiger partial charge is 0.0327 e. The maximum Gasteiger partial charge on any atom is 0.0327 e. The summed E-state index contributed by atoms with van der Waals surface area (Å²) in [5.74, 6) is 0.819. The Hall–Kier alpha value is -0.0800. The molecular weight excluding hydrogens is 172 g/mol. The van der Waals surface area contributed by atoms with Gasteiger partial charge in [-0.05, 0) is 52.2 Å². The summed E-state index contributed by atoms with van der Waals surface area (Å²) in [6.07, 6.45) is 5.44. The summed E-state index contributed by atoms with van der Waals surface area (Å²) < 4.78 is 0. The highest BCUT2D eigenvalue weighted by Gasteiger charge is 2.38. The lowest BCUT2D eigenvalue weighted by atomic mass is 9.75. The van der Waals surface area contributed by atoms with Gasteiger partial charge in [-0.1, -0.05) is 13.8 Å². The third kappa shape index (κ3) is 2.96. The highest BCUT2D eigenvalue weighted by Crippen LogP contribution is 2.35. The molecule has 2 nitrogen and oxygen atoms in total. The van der Waals surface area contributed by atoms with Crippen LogP contribution in [0, 0.1) is 5.92 Å². The molecule has 0 unspecified atom stereocenters. The van der Waals surface area contributed by atoms with Gasteiger partial charge in [0.05, 0.1) is 0 Å². The predicted octanol–water partition coefficient (Wildman–Crippen LogP) is 2.11. The van der Waals surface area contributed by atoms with Crippen LogP contribution >= 0.6 is 0 Å². The Morgan fingerprint density at radius 3 is 2.29 bits per heavy atom. The molecule has 0 atom stereocenters. The van der Waals surface area contributed by atoms with Gasteiger partial charge >= 0.3 is 0 Å². The zero-order valence-electron chi connectivity index (χ0n) is 10.3. The normalized spacial score (nSPS) is 20.1. The zero-order chi connectivity index (χ0) is 10.6. The summed E-state index contributed by atoms with van der Waals surface area (Å²) in [6.45, 7) is 6.92. The standard InChI is InChI=1S/C12H26N2/c1-11(2)6-9-13-10-12(14(3)4)7-5-8-12/h11,13H,5-10H2,1-4H3. The number of likely N-dealkylation sites (N-methyl/N-ethyl adjacent to an activating group) is 1. The lowest BCUT2D eigenvalue weighted by molar-refractivity contribution is 0.0600. The van der Waals surface area contributed by atoms with Gasteiger partial charge in [0.1, 0.15) is 0 Å². The molecule has 0 bridgehead atoms. The van der Waals surface area contributed by atoms with Gasteiger partial charge in [0.25, 0.3) is 0 Å². The van der Waals surface area contributed by atoms with Crippen molar-refractivity contribution in [2.45, 2.75) is 45.1 Å². The Morgan fingerprint density at radius 1 is 1.29 bits per heavy atom. The topological polar surface area (TPSA) is 15.3 Å². The van der Waals surface area contributed by atoms with Gasteiger partial charge in [0, 0.05) is 12.1 Å². The number of hydrogen-bond acceptors (Lipinski definition) is 2. The van der Waals surface area contributed by atoms with Gasteiger partial charge < -0.3 is 10.2 Å². The second-order valence-corrected chi connectivity index (χ2v) is 5.33. The lowest BCUT2D eigenvalue weighted by Gasteiger charge is -2.47. The molecule has 0 spiro atoms. The number of nitrogens with zero attached hydrogens (tertiary/aromatic N) is 1. The van der Waals surface area contributed by atoms with Crippen molar-refractivity contribution in [3.05, 3.63) is 0 Å². The fourth-order valence-electron chi connectivity index (χ4n) is 2.08. The van der Waals surface area contributed by atoms with Crippen molar-refractivity contribution in [3.8, 4) is 0 Å². The molecular formula is C12H26N2. The molecule has 1 N–H and O–H groups in total. The zero-order valence-corrected chi connectivity index (χ0v) is 10.3. The maximum atomic E-state index is 3.60. The van der Waals surface area contributed by atoms with E-state index < -0.39 is 0 Å². The van der Waals surface area contributed by atoms with E-state index in [0.29, 0.717) is 5.54 Å². The van der Waals surface area contributed by atoms with Crippen molar-refractivity contribution >= 4 is 0 Å². The highest BCUT2D eigenvalue weighted by molar-refractivity contribution is 4.97. The van der Waals surface area contributed by atoms with E-state index in [1.807, 2.05) is 0 Å². The first-order valence-corrected chi connectivity index (χ1v) is 5.95. The summed E-state index contributed by atoms with van der Waals surface area (Å²) >= 11 is 0. The molecule has 0 saturated heterocycles. The number of hydrogen-bond donors (Lipinski definition) is 1. The van der Waals surface area contributed by atoms with Crippen LogP contribution in [-0.4, -0.2) is 37.6 Å². The third-order valence-electron chi connectivity index (χ3n) is 3.59. The van der Waals surface area contributed by atoms with E-state index >= 15 is 0 Å². The van der Waals surface area contributed by atoms with Gasteiger partial charge in [-0.3, -0.25) is 0 Å². The molecule has 2 heteroatoms. The summed E-state index contributed by atoms with van der Waals surface area (Å²) in [4.78, 5) is 2.40. The van der Waals surface area contributed by atoms with Gasteiger partial charge in [-0.2, -0.15) is 0 Å². The fourth-order valence-corrected chi connectivity index (χ4v) is 2.08. The van der Waals surface area contributed by atoms with E-state index in [-0.39, 0.29) is 0 Å². The van der Waals surface area contributed by atoms with E-state index in [4.69, 9.17) is 0 Å². The second kappa shape index (κ2) is 5.13. The summed E-state index contributed by atoms with van der Waals surface area (Å²) in [6, 6.07) is 0. The molecule has 0 aromatic rings. The van der Waals surface area contributed by atoms with Crippen molar-refractivity contribution in [2.24, 2.45) is 5.92 Å². The molecule has 1 aliphatic carbocycles. The molecule has 1 aliphatic rings. The molecule has 1 rings (SSSR count). The van der Waals surface area contributed by atoms with Crippen molar-refractivity contribution in [1.82, 2.24) is 10.2 Å². The molecule has 0 radical (unpaired) electrons. The molecule has 0 aromatic carbocycles. The molecule has 1 fully saturated rings. The van der Waals surface area contributed by atoms with Gasteiger partial charge in [0.15, 0.2) is 0 Å². The van der Waals surface area contributed by atoms with Crippen molar-refractivity contribution in [3.63, 3.8) is 0 Å². The van der Waals surface area contributed by atoms with Crippen molar-refractivity contribution in [1.29, 1.82) is 0 Å². The summed E-state index contributed by atoms with van der Waals surface area (Å²) in [5.41, 5.74) is 0.483. The van der Waals surface area contributed by atoms with Crippen molar-refractivity contribution in [2.75, 3.05) is 27.2 Å². The minimum absolute atomic E-state index is 0.483. The summed E-state index contributed by atoms with van der Waals surface area (Å²) in [7, 11) is 4.42. The Balaban J connectivity index is 2.15. The highest BCUT2D eigenvalue weighted by atomic mass is 15.2. The second-order valence-electron chi connectivity index (χ2n) is 5.33. The van der Waals surface area contributed by atoms with E-state index in [1.165, 1.54) is 38.8 Å². The minimum atomic E-state index is 0.483. The van der Waals surface area contributed by atoms with Crippen molar-refractivity contribution < 1.29 is 0 Å². The third-order valence-corrected chi connectivity index (χ3v) is 3.59. The Kier molecular flexibility index (Phi) is 4.39. The van der Waals surface area contributed by atoms with E-state index in [0.717, 1.165) is 5.92 Å². The Labute approximate surface area is 89.1 Å². The predicted molar refractivity (Wildman–Crippen MR) is 62.6 cm³/mol. The monoisotopic (exact) mass is 198 g/mol. The fraction of sp³-hybridized carbons (Fsp3) is 1.00. The molecule has 1 saturated carbocycles. The van der Waals surface area contributed by atoms with Crippen LogP contribution in [0.1, 0.15) is 39.5 Å². The first-order chi connectivity index (χ1) is 6.57. The quantitative estimate of drug-likeness (QED) is 0.658. The van der Waals surface area contributed by atoms with Crippen LogP contribution < -0.4 is 5.32 Å². The van der Waals surface area contributed by atoms with E-state index in [1.54, 1.807) is 0 Å². The van der Waals surface area contributed by atoms with Crippen LogP contribution in [0.15, 0.2) is 0 Å². The summed E-state index contributed by atoms with van der Waals surface area (Å²) in [5, 5.41) is 3.60. The Bertz CT molecular complexity index is 160. The van der Waals surface area contributed by atoms with Crippen LogP contribution in [0.3, 0.4) is 0 Å².